The lowest BCUT2D eigenvalue weighted by atomic mass is 10.2. The molecule has 0 amide bonds. The zero-order valence-electron chi connectivity index (χ0n) is 9.41. The Kier molecular flexibility index (Phi) is 7.64. The molecule has 0 aliphatic rings. The third kappa shape index (κ3) is 4.77. The Morgan fingerprint density at radius 3 is 2.53 bits per heavy atom. The molecule has 5 heteroatoms. The van der Waals surface area contributed by atoms with Gasteiger partial charge < -0.3 is 10.2 Å². The molecule has 1 aromatic carbocycles. The molecule has 1 rings (SSSR count). The Labute approximate surface area is 102 Å². The zero-order valence-corrected chi connectivity index (χ0v) is 11.1. The number of nitrogens with zero attached hydrogens (tertiary/aromatic N) is 1. The van der Waals surface area contributed by atoms with Crippen LogP contribution >= 0.6 is 24.8 Å². The predicted molar refractivity (Wildman–Crippen MR) is 72.5 cm³/mol. The highest BCUT2D eigenvalue weighted by Gasteiger charge is 2.04. The van der Waals surface area contributed by atoms with Gasteiger partial charge in [-0.25, -0.2) is 0 Å². The van der Waals surface area contributed by atoms with Crippen molar-refractivity contribution in [2.45, 2.75) is 6.92 Å². The van der Waals surface area contributed by atoms with Crippen LogP contribution in [0.4, 0.5) is 5.69 Å². The standard InChI is InChI=1S/C9H14N2OS.CH4S/c1-3-11(2)5-4-10-7-6-8(13)9(7)12;1-2/h6,10H,3-5H2,1-2H3;2H,1H3. The van der Waals surface area contributed by atoms with Crippen LogP contribution in [0.2, 0.25) is 0 Å². The van der Waals surface area contributed by atoms with Crippen LogP contribution in [0, 0.1) is 4.51 Å². The van der Waals surface area contributed by atoms with Crippen molar-refractivity contribution in [3.05, 3.63) is 20.8 Å². The molecule has 15 heavy (non-hydrogen) atoms. The summed E-state index contributed by atoms with van der Waals surface area (Å²) in [6, 6.07) is 1.71. The van der Waals surface area contributed by atoms with Crippen LogP contribution in [0.25, 0.3) is 0 Å². The largest absolute Gasteiger partial charge is 0.381 e. The van der Waals surface area contributed by atoms with E-state index in [1.165, 1.54) is 0 Å². The van der Waals surface area contributed by atoms with E-state index >= 15 is 0 Å². The molecule has 1 aromatic rings. The molecule has 0 saturated heterocycles. The van der Waals surface area contributed by atoms with Crippen LogP contribution in [0.1, 0.15) is 6.92 Å². The van der Waals surface area contributed by atoms with Gasteiger partial charge in [0.15, 0.2) is 0 Å². The summed E-state index contributed by atoms with van der Waals surface area (Å²) >= 11 is 8.26. The molecule has 0 aromatic heterocycles. The van der Waals surface area contributed by atoms with Crippen LogP contribution in [-0.4, -0.2) is 37.8 Å². The van der Waals surface area contributed by atoms with E-state index in [1.807, 2.05) is 7.05 Å². The Morgan fingerprint density at radius 2 is 2.13 bits per heavy atom. The maximum absolute atomic E-state index is 11.0. The van der Waals surface area contributed by atoms with E-state index in [-0.39, 0.29) is 5.43 Å². The number of rotatable bonds is 5. The Bertz CT molecular complexity index is 345. The van der Waals surface area contributed by atoms with Gasteiger partial charge in [0.2, 0.25) is 5.43 Å². The summed E-state index contributed by atoms with van der Waals surface area (Å²) in [5.74, 6) is 0. The van der Waals surface area contributed by atoms with Gasteiger partial charge in [0.25, 0.3) is 0 Å². The van der Waals surface area contributed by atoms with E-state index in [0.29, 0.717) is 10.2 Å². The van der Waals surface area contributed by atoms with Crippen molar-refractivity contribution in [3.63, 3.8) is 0 Å². The lowest BCUT2D eigenvalue weighted by Gasteiger charge is -2.14. The monoisotopic (exact) mass is 246 g/mol. The third-order valence-electron chi connectivity index (χ3n) is 2.09. The van der Waals surface area contributed by atoms with E-state index in [0.717, 1.165) is 19.6 Å². The maximum atomic E-state index is 11.0. The van der Waals surface area contributed by atoms with Crippen LogP contribution < -0.4 is 10.7 Å². The lowest BCUT2D eigenvalue weighted by molar-refractivity contribution is 0.367. The average molecular weight is 246 g/mol. The molecule has 86 valence electrons. The molecule has 3 nitrogen and oxygen atoms in total. The zero-order chi connectivity index (χ0) is 11.8. The minimum absolute atomic E-state index is 0.0193. The Balaban J connectivity index is 0.000000921. The third-order valence-corrected chi connectivity index (χ3v) is 2.40. The lowest BCUT2D eigenvalue weighted by Crippen LogP contribution is -2.27. The molecule has 0 atom stereocenters. The molecule has 0 bridgehead atoms. The van der Waals surface area contributed by atoms with Gasteiger partial charge in [-0.15, -0.1) is 0 Å². The van der Waals surface area contributed by atoms with Crippen molar-refractivity contribution >= 4 is 30.5 Å². The van der Waals surface area contributed by atoms with Gasteiger partial charge in [-0.1, -0.05) is 19.1 Å². The van der Waals surface area contributed by atoms with Gasteiger partial charge in [0.05, 0.1) is 10.2 Å². The molecule has 0 aliphatic heterocycles. The first-order chi connectivity index (χ1) is 7.15. The maximum Gasteiger partial charge on any atom is 0.219 e. The van der Waals surface area contributed by atoms with E-state index in [9.17, 15) is 4.79 Å². The first kappa shape index (κ1) is 14.6. The fraction of sp³-hybridized carbons (Fsp3) is 0.600. The second-order valence-corrected chi connectivity index (χ2v) is 3.51. The van der Waals surface area contributed by atoms with Gasteiger partial charge in [-0.05, 0) is 25.9 Å². The van der Waals surface area contributed by atoms with E-state index in [2.05, 4.69) is 29.8 Å². The second-order valence-electron chi connectivity index (χ2n) is 3.07. The summed E-state index contributed by atoms with van der Waals surface area (Å²) < 4.78 is 0.436. The van der Waals surface area contributed by atoms with Crippen molar-refractivity contribution in [1.29, 1.82) is 0 Å². The van der Waals surface area contributed by atoms with Crippen LogP contribution in [0.15, 0.2) is 10.9 Å². The molecule has 0 spiro atoms. The Morgan fingerprint density at radius 1 is 1.53 bits per heavy atom. The van der Waals surface area contributed by atoms with Crippen LogP contribution in [0.3, 0.4) is 0 Å². The Hall–Kier alpha value is -0.390. The second kappa shape index (κ2) is 7.84. The minimum atomic E-state index is -0.0193. The van der Waals surface area contributed by atoms with Gasteiger partial charge in [0, 0.05) is 13.1 Å². The smallest absolute Gasteiger partial charge is 0.219 e. The summed E-state index contributed by atoms with van der Waals surface area (Å²) in [7, 11) is 2.04. The first-order valence-electron chi connectivity index (χ1n) is 4.82. The van der Waals surface area contributed by atoms with E-state index in [1.54, 1.807) is 12.3 Å². The first-order valence-corrected chi connectivity index (χ1v) is 6.13. The van der Waals surface area contributed by atoms with Gasteiger partial charge in [0.1, 0.15) is 0 Å². The highest BCUT2D eigenvalue weighted by molar-refractivity contribution is 7.79. The number of likely N-dealkylation sites (N-methyl/N-ethyl adjacent to an activating group) is 1. The normalized spacial score (nSPS) is 9.93. The molecule has 0 saturated carbocycles. The van der Waals surface area contributed by atoms with Crippen molar-refractivity contribution in [1.82, 2.24) is 4.90 Å². The predicted octanol–water partition coefficient (Wildman–Crippen LogP) is 1.56. The number of thiol groups is 1. The fourth-order valence-corrected chi connectivity index (χ4v) is 1.22. The highest BCUT2D eigenvalue weighted by Crippen LogP contribution is 2.02. The number of nitrogens with one attached hydrogen (secondary N) is 1. The van der Waals surface area contributed by atoms with Gasteiger partial charge >= 0.3 is 0 Å². The van der Waals surface area contributed by atoms with Crippen molar-refractivity contribution < 1.29 is 0 Å². The summed E-state index contributed by atoms with van der Waals surface area (Å²) in [5.41, 5.74) is 0.642. The summed E-state index contributed by atoms with van der Waals surface area (Å²) in [4.78, 5) is 13.2. The van der Waals surface area contributed by atoms with Crippen molar-refractivity contribution in [3.8, 4) is 0 Å². The summed E-state index contributed by atoms with van der Waals surface area (Å²) in [6.07, 6.45) is 1.69. The van der Waals surface area contributed by atoms with Crippen LogP contribution in [-0.2, 0) is 0 Å². The molecular formula is C10H18N2OS2. The quantitative estimate of drug-likeness (QED) is 0.610. The summed E-state index contributed by atoms with van der Waals surface area (Å²) in [6.45, 7) is 4.86. The topological polar surface area (TPSA) is 32.3 Å². The molecule has 0 fully saturated rings. The number of anilines is 1. The number of hydrogen-bond donors (Lipinski definition) is 2. The molecular weight excluding hydrogens is 228 g/mol. The van der Waals surface area contributed by atoms with Crippen LogP contribution in [0.5, 0.6) is 0 Å². The van der Waals surface area contributed by atoms with Gasteiger partial charge in [-0.2, -0.15) is 12.6 Å². The number of hydrogen-bond acceptors (Lipinski definition) is 5. The minimum Gasteiger partial charge on any atom is -0.381 e. The van der Waals surface area contributed by atoms with Gasteiger partial charge in [-0.3, -0.25) is 4.79 Å². The fourth-order valence-electron chi connectivity index (χ4n) is 0.988. The van der Waals surface area contributed by atoms with Crippen molar-refractivity contribution in [2.75, 3.05) is 38.3 Å². The molecule has 1 N–H and O–H groups in total. The highest BCUT2D eigenvalue weighted by atomic mass is 32.1. The summed E-state index contributed by atoms with van der Waals surface area (Å²) in [5, 5.41) is 3.05. The van der Waals surface area contributed by atoms with E-state index in [4.69, 9.17) is 12.2 Å². The molecule has 0 radical (unpaired) electrons. The average Bonchev–Trinajstić information content (AvgIpc) is 2.29. The molecule has 0 aliphatic carbocycles. The molecule has 0 heterocycles. The van der Waals surface area contributed by atoms with Crippen molar-refractivity contribution in [2.24, 2.45) is 0 Å². The SMILES string of the molecule is CCN(C)CCNc1cc(=S)c1=O.CS. The van der Waals surface area contributed by atoms with E-state index < -0.39 is 0 Å². The molecule has 0 unspecified atom stereocenters.